The van der Waals surface area contributed by atoms with Crippen LogP contribution < -0.4 is 20.7 Å². The van der Waals surface area contributed by atoms with E-state index in [9.17, 15) is 22.8 Å². The third-order valence-corrected chi connectivity index (χ3v) is 10.0. The van der Waals surface area contributed by atoms with Gasteiger partial charge < -0.3 is 20.7 Å². The lowest BCUT2D eigenvalue weighted by Crippen LogP contribution is -2.36. The van der Waals surface area contributed by atoms with Crippen molar-refractivity contribution in [3.8, 4) is 5.88 Å². The second-order valence-electron chi connectivity index (χ2n) is 11.5. The fourth-order valence-electron chi connectivity index (χ4n) is 6.02. The van der Waals surface area contributed by atoms with Crippen LogP contribution in [0.5, 0.6) is 5.88 Å². The van der Waals surface area contributed by atoms with Crippen LogP contribution in [0.4, 0.5) is 29.9 Å². The molecular formula is C26H29F3N8O3S. The minimum Gasteiger partial charge on any atom is -0.415 e. The van der Waals surface area contributed by atoms with E-state index in [4.69, 9.17) is 0 Å². The van der Waals surface area contributed by atoms with Crippen LogP contribution in [0, 0.1) is 11.3 Å². The van der Waals surface area contributed by atoms with Crippen molar-refractivity contribution in [1.29, 1.82) is 0 Å². The Hall–Kier alpha value is -3.62. The van der Waals surface area contributed by atoms with Crippen LogP contribution in [0.25, 0.3) is 0 Å². The van der Waals surface area contributed by atoms with E-state index in [1.165, 1.54) is 22.1 Å². The Labute approximate surface area is 236 Å². The number of rotatable bonds is 9. The van der Waals surface area contributed by atoms with E-state index in [0.29, 0.717) is 35.2 Å². The van der Waals surface area contributed by atoms with Gasteiger partial charge in [-0.05, 0) is 62.3 Å². The third-order valence-electron chi connectivity index (χ3n) is 8.81. The van der Waals surface area contributed by atoms with Crippen molar-refractivity contribution in [3.63, 3.8) is 0 Å². The molecule has 218 valence electrons. The van der Waals surface area contributed by atoms with Crippen molar-refractivity contribution < 1.29 is 27.5 Å². The summed E-state index contributed by atoms with van der Waals surface area (Å²) in [6.07, 6.45) is 6.24. The lowest BCUT2D eigenvalue weighted by molar-refractivity contribution is -0.124. The van der Waals surface area contributed by atoms with Gasteiger partial charge in [0.05, 0.1) is 5.56 Å². The fourth-order valence-corrected chi connectivity index (χ4v) is 7.27. The van der Waals surface area contributed by atoms with Crippen molar-refractivity contribution in [2.45, 2.75) is 76.2 Å². The molecule has 0 bridgehead atoms. The SMILES string of the molecule is Cn1nc(OC(F)F)cc1Nc1nncn1[C@H]1CCc2sc(NC(=O)C3CC(F)C3)c(C(=O)N[C@@H]3CC34CC4)c2C1. The van der Waals surface area contributed by atoms with Crippen molar-refractivity contribution in [3.05, 3.63) is 28.4 Å². The molecule has 15 heteroatoms. The summed E-state index contributed by atoms with van der Waals surface area (Å²) in [6, 6.07) is 1.40. The number of ether oxygens (including phenoxy) is 1. The van der Waals surface area contributed by atoms with Crippen molar-refractivity contribution >= 4 is 39.9 Å². The number of nitrogens with zero attached hydrogens (tertiary/aromatic N) is 5. The van der Waals surface area contributed by atoms with Gasteiger partial charge in [-0.15, -0.1) is 26.6 Å². The Balaban J connectivity index is 1.13. The van der Waals surface area contributed by atoms with E-state index in [2.05, 4.69) is 36.0 Å². The smallest absolute Gasteiger partial charge is 0.388 e. The van der Waals surface area contributed by atoms with Gasteiger partial charge in [0.25, 0.3) is 5.91 Å². The molecule has 3 saturated carbocycles. The number of anilines is 3. The minimum absolute atomic E-state index is 0.107. The predicted octanol–water partition coefficient (Wildman–Crippen LogP) is 4.12. The molecule has 4 aliphatic carbocycles. The Morgan fingerprint density at radius 3 is 2.78 bits per heavy atom. The van der Waals surface area contributed by atoms with E-state index in [0.717, 1.165) is 36.1 Å². The van der Waals surface area contributed by atoms with E-state index in [1.807, 2.05) is 4.57 Å². The van der Waals surface area contributed by atoms with Crippen LogP contribution in [-0.2, 0) is 24.7 Å². The summed E-state index contributed by atoms with van der Waals surface area (Å²) in [7, 11) is 1.59. The van der Waals surface area contributed by atoms with E-state index < -0.39 is 12.8 Å². The van der Waals surface area contributed by atoms with E-state index in [-0.39, 0.29) is 54.0 Å². The lowest BCUT2D eigenvalue weighted by atomic mass is 9.83. The molecule has 2 atom stereocenters. The number of alkyl halides is 3. The standard InChI is InChI=1S/C26H29F3N8O3S/c1-36-18(9-19(35-36)40-24(28)29)32-25-34-30-11-37(25)14-2-3-16-15(8-14)20(22(39)31-17-10-26(17)4-5-26)23(41-16)33-21(38)12-6-13(27)7-12/h9,11-14,17,24H,2-8,10H2,1H3,(H,31,39)(H,32,34)(H,33,38)/t12?,13?,14-,17+/m0/s1. The molecule has 0 radical (unpaired) electrons. The number of hydrogen-bond acceptors (Lipinski definition) is 8. The number of carbonyl (C=O) groups excluding carboxylic acids is 2. The maximum atomic E-state index is 13.6. The first-order chi connectivity index (χ1) is 19.7. The van der Waals surface area contributed by atoms with Gasteiger partial charge in [-0.1, -0.05) is 0 Å². The monoisotopic (exact) mass is 590 g/mol. The number of aryl methyl sites for hydroxylation is 2. The first kappa shape index (κ1) is 26.3. The molecule has 41 heavy (non-hydrogen) atoms. The zero-order valence-electron chi connectivity index (χ0n) is 22.2. The van der Waals surface area contributed by atoms with Crippen LogP contribution >= 0.6 is 11.3 Å². The molecule has 0 unspecified atom stereocenters. The molecule has 0 saturated heterocycles. The Bertz CT molecular complexity index is 1510. The van der Waals surface area contributed by atoms with Gasteiger partial charge in [0.2, 0.25) is 17.7 Å². The summed E-state index contributed by atoms with van der Waals surface area (Å²) in [6.45, 7) is -2.99. The molecule has 2 amide bonds. The average molecular weight is 591 g/mol. The molecule has 0 aromatic carbocycles. The molecule has 3 aromatic heterocycles. The molecule has 3 fully saturated rings. The van der Waals surface area contributed by atoms with Gasteiger partial charge in [0.15, 0.2) is 0 Å². The Kier molecular flexibility index (Phi) is 6.24. The highest BCUT2D eigenvalue weighted by molar-refractivity contribution is 7.17. The number of halogens is 3. The van der Waals surface area contributed by atoms with Gasteiger partial charge in [-0.2, -0.15) is 8.78 Å². The topological polar surface area (TPSA) is 128 Å². The average Bonchev–Trinajstić information content (AvgIpc) is 3.62. The van der Waals surface area contributed by atoms with Gasteiger partial charge in [0.1, 0.15) is 23.3 Å². The Morgan fingerprint density at radius 1 is 1.27 bits per heavy atom. The maximum absolute atomic E-state index is 13.6. The van der Waals surface area contributed by atoms with Crippen molar-refractivity contribution in [2.75, 3.05) is 10.6 Å². The first-order valence-electron chi connectivity index (χ1n) is 13.7. The van der Waals surface area contributed by atoms with Crippen molar-refractivity contribution in [2.24, 2.45) is 18.4 Å². The zero-order valence-corrected chi connectivity index (χ0v) is 23.0. The summed E-state index contributed by atoms with van der Waals surface area (Å²) in [5.74, 6) is -0.265. The molecule has 3 N–H and O–H groups in total. The molecular weight excluding hydrogens is 561 g/mol. The number of carbonyl (C=O) groups is 2. The van der Waals surface area contributed by atoms with Crippen LogP contribution in [0.3, 0.4) is 0 Å². The number of amides is 2. The van der Waals surface area contributed by atoms with Crippen LogP contribution in [0.1, 0.15) is 65.4 Å². The van der Waals surface area contributed by atoms with Gasteiger partial charge in [-0.3, -0.25) is 14.2 Å². The minimum atomic E-state index is -2.99. The zero-order chi connectivity index (χ0) is 28.5. The van der Waals surface area contributed by atoms with Crippen LogP contribution in [-0.4, -0.2) is 55.2 Å². The second kappa shape index (κ2) is 9.74. The number of thiophene rings is 1. The Morgan fingerprint density at radius 2 is 2.07 bits per heavy atom. The second-order valence-corrected chi connectivity index (χ2v) is 12.6. The quantitative estimate of drug-likeness (QED) is 0.342. The normalized spacial score (nSPS) is 25.4. The molecule has 3 aromatic rings. The largest absolute Gasteiger partial charge is 0.415 e. The first-order valence-corrected chi connectivity index (χ1v) is 14.6. The number of hydrogen-bond donors (Lipinski definition) is 3. The van der Waals surface area contributed by atoms with Crippen LogP contribution in [0.2, 0.25) is 0 Å². The summed E-state index contributed by atoms with van der Waals surface area (Å²) in [5.41, 5.74) is 1.65. The molecule has 0 aliphatic heterocycles. The maximum Gasteiger partial charge on any atom is 0.388 e. The molecule has 1 spiro atoms. The lowest BCUT2D eigenvalue weighted by Gasteiger charge is -2.28. The van der Waals surface area contributed by atoms with Gasteiger partial charge in [0, 0.05) is 36.0 Å². The number of fused-ring (bicyclic) bond motifs is 1. The third kappa shape index (κ3) is 4.93. The molecule has 11 nitrogen and oxygen atoms in total. The predicted molar refractivity (Wildman–Crippen MR) is 142 cm³/mol. The fraction of sp³-hybridized carbons (Fsp3) is 0.577. The molecule has 7 rings (SSSR count). The summed E-state index contributed by atoms with van der Waals surface area (Å²) < 4.78 is 46.3. The van der Waals surface area contributed by atoms with Gasteiger partial charge >= 0.3 is 6.61 Å². The highest BCUT2D eigenvalue weighted by Gasteiger charge is 2.63. The van der Waals surface area contributed by atoms with E-state index >= 15 is 0 Å². The van der Waals surface area contributed by atoms with Crippen LogP contribution in [0.15, 0.2) is 12.4 Å². The highest BCUT2D eigenvalue weighted by Crippen LogP contribution is 2.66. The summed E-state index contributed by atoms with van der Waals surface area (Å²) >= 11 is 1.42. The number of aromatic nitrogens is 5. The summed E-state index contributed by atoms with van der Waals surface area (Å²) in [5, 5.41) is 21.9. The van der Waals surface area contributed by atoms with E-state index in [1.54, 1.807) is 13.4 Å². The molecule has 3 heterocycles. The van der Waals surface area contributed by atoms with Gasteiger partial charge in [-0.25, -0.2) is 9.07 Å². The molecule has 4 aliphatic rings. The highest BCUT2D eigenvalue weighted by atomic mass is 32.1. The number of nitrogens with one attached hydrogen (secondary N) is 3. The summed E-state index contributed by atoms with van der Waals surface area (Å²) in [4.78, 5) is 27.5. The van der Waals surface area contributed by atoms with Crippen molar-refractivity contribution in [1.82, 2.24) is 29.9 Å².